The Morgan fingerprint density at radius 2 is 1.76 bits per heavy atom. The molecule has 11 heteroatoms. The molecule has 0 aromatic carbocycles. The maximum atomic E-state index is 12.9. The van der Waals surface area contributed by atoms with Gasteiger partial charge >= 0.3 is 0 Å². The van der Waals surface area contributed by atoms with Crippen LogP contribution in [0.2, 0.25) is 5.02 Å². The standard InChI is InChI=1S/C18H23ClN8O2/c1-6-26-16(18(29)23-14-8-20-25(5)11(14)3)15(9-21-26)24-17(28)12(4)27-10(2)13(19)7-22-27/h7-9,12H,6H2,1-5H3,(H,23,29)(H,24,28)/t12-/m0/s1. The molecule has 0 saturated carbocycles. The minimum absolute atomic E-state index is 0.256. The molecule has 1 atom stereocenters. The summed E-state index contributed by atoms with van der Waals surface area (Å²) in [6.07, 6.45) is 4.53. The first kappa shape index (κ1) is 20.6. The maximum absolute atomic E-state index is 12.9. The first-order chi connectivity index (χ1) is 13.7. The predicted octanol–water partition coefficient (Wildman–Crippen LogP) is 2.56. The highest BCUT2D eigenvalue weighted by Gasteiger charge is 2.24. The van der Waals surface area contributed by atoms with E-state index in [-0.39, 0.29) is 17.5 Å². The fourth-order valence-electron chi connectivity index (χ4n) is 2.90. The van der Waals surface area contributed by atoms with Gasteiger partial charge in [0.05, 0.1) is 46.4 Å². The second kappa shape index (κ2) is 8.08. The second-order valence-electron chi connectivity index (χ2n) is 6.63. The van der Waals surface area contributed by atoms with Crippen LogP contribution in [0.15, 0.2) is 18.6 Å². The minimum Gasteiger partial charge on any atom is -0.321 e. The Morgan fingerprint density at radius 3 is 2.31 bits per heavy atom. The number of nitrogens with one attached hydrogen (secondary N) is 2. The Bertz CT molecular complexity index is 1060. The van der Waals surface area contributed by atoms with E-state index in [1.807, 2.05) is 13.8 Å². The summed E-state index contributed by atoms with van der Waals surface area (Å²) in [4.78, 5) is 25.7. The summed E-state index contributed by atoms with van der Waals surface area (Å²) in [7, 11) is 1.79. The Balaban J connectivity index is 1.84. The van der Waals surface area contributed by atoms with Crippen molar-refractivity contribution in [2.45, 2.75) is 40.3 Å². The molecule has 2 N–H and O–H groups in total. The highest BCUT2D eigenvalue weighted by molar-refractivity contribution is 6.31. The molecule has 3 aromatic rings. The van der Waals surface area contributed by atoms with Crippen LogP contribution in [0.3, 0.4) is 0 Å². The summed E-state index contributed by atoms with van der Waals surface area (Å²) in [6, 6.07) is -0.621. The lowest BCUT2D eigenvalue weighted by molar-refractivity contribution is -0.119. The Hall–Kier alpha value is -3.14. The fourth-order valence-corrected chi connectivity index (χ4v) is 3.03. The summed E-state index contributed by atoms with van der Waals surface area (Å²) >= 11 is 6.03. The van der Waals surface area contributed by atoms with Gasteiger partial charge in [-0.3, -0.25) is 23.6 Å². The molecule has 3 aromatic heterocycles. The lowest BCUT2D eigenvalue weighted by Gasteiger charge is -2.15. The van der Waals surface area contributed by atoms with Crippen molar-refractivity contribution in [3.63, 3.8) is 0 Å². The van der Waals surface area contributed by atoms with Crippen molar-refractivity contribution in [2.75, 3.05) is 10.6 Å². The molecule has 0 aliphatic heterocycles. The topological polar surface area (TPSA) is 112 Å². The second-order valence-corrected chi connectivity index (χ2v) is 7.04. The average molecular weight is 419 g/mol. The van der Waals surface area contributed by atoms with Crippen molar-refractivity contribution < 1.29 is 9.59 Å². The normalized spacial score (nSPS) is 12.1. The molecule has 10 nitrogen and oxygen atoms in total. The van der Waals surface area contributed by atoms with Crippen molar-refractivity contribution >= 4 is 34.8 Å². The lowest BCUT2D eigenvalue weighted by atomic mass is 10.2. The number of aryl methyl sites for hydroxylation is 2. The highest BCUT2D eigenvalue weighted by Crippen LogP contribution is 2.22. The molecular formula is C18H23ClN8O2. The van der Waals surface area contributed by atoms with Crippen LogP contribution in [-0.4, -0.2) is 41.2 Å². The molecule has 0 radical (unpaired) electrons. The van der Waals surface area contributed by atoms with Crippen molar-refractivity contribution in [2.24, 2.45) is 7.05 Å². The summed E-state index contributed by atoms with van der Waals surface area (Å²) in [5.74, 6) is -0.725. The molecule has 0 saturated heterocycles. The van der Waals surface area contributed by atoms with Gasteiger partial charge in [-0.1, -0.05) is 11.6 Å². The summed E-state index contributed by atoms with van der Waals surface area (Å²) in [5.41, 5.74) is 2.66. The minimum atomic E-state index is -0.621. The molecule has 3 rings (SSSR count). The van der Waals surface area contributed by atoms with E-state index in [9.17, 15) is 9.59 Å². The third-order valence-corrected chi connectivity index (χ3v) is 5.20. The van der Waals surface area contributed by atoms with Crippen LogP contribution >= 0.6 is 11.6 Å². The zero-order chi connectivity index (χ0) is 21.3. The van der Waals surface area contributed by atoms with Crippen LogP contribution in [0.4, 0.5) is 11.4 Å². The Labute approximate surface area is 172 Å². The van der Waals surface area contributed by atoms with Gasteiger partial charge in [0.15, 0.2) is 0 Å². The van der Waals surface area contributed by atoms with Crippen LogP contribution in [0.25, 0.3) is 0 Å². The smallest absolute Gasteiger partial charge is 0.276 e. The van der Waals surface area contributed by atoms with Gasteiger partial charge in [0.2, 0.25) is 5.91 Å². The molecule has 2 amide bonds. The molecule has 29 heavy (non-hydrogen) atoms. The van der Waals surface area contributed by atoms with Crippen molar-refractivity contribution in [1.29, 1.82) is 0 Å². The maximum Gasteiger partial charge on any atom is 0.276 e. The van der Waals surface area contributed by atoms with E-state index in [1.54, 1.807) is 31.8 Å². The van der Waals surface area contributed by atoms with Gasteiger partial charge in [0, 0.05) is 13.6 Å². The number of amides is 2. The van der Waals surface area contributed by atoms with Gasteiger partial charge in [-0.2, -0.15) is 15.3 Å². The van der Waals surface area contributed by atoms with E-state index in [1.165, 1.54) is 21.8 Å². The number of carbonyl (C=O) groups is 2. The molecule has 3 heterocycles. The number of hydrogen-bond donors (Lipinski definition) is 2. The first-order valence-electron chi connectivity index (χ1n) is 9.10. The monoisotopic (exact) mass is 418 g/mol. The fraction of sp³-hybridized carbons (Fsp3) is 0.389. The zero-order valence-electron chi connectivity index (χ0n) is 16.9. The average Bonchev–Trinajstić information content (AvgIpc) is 3.35. The molecule has 0 fully saturated rings. The van der Waals surface area contributed by atoms with E-state index < -0.39 is 6.04 Å². The molecule has 0 aliphatic carbocycles. The number of aromatic nitrogens is 6. The third kappa shape index (κ3) is 3.88. The quantitative estimate of drug-likeness (QED) is 0.638. The van der Waals surface area contributed by atoms with E-state index in [2.05, 4.69) is 25.9 Å². The Kier molecular flexibility index (Phi) is 5.73. The molecule has 154 valence electrons. The largest absolute Gasteiger partial charge is 0.321 e. The number of carbonyl (C=O) groups excluding carboxylic acids is 2. The number of hydrogen-bond acceptors (Lipinski definition) is 5. The zero-order valence-corrected chi connectivity index (χ0v) is 17.7. The number of rotatable bonds is 6. The Morgan fingerprint density at radius 1 is 1.07 bits per heavy atom. The summed E-state index contributed by atoms with van der Waals surface area (Å²) < 4.78 is 4.71. The lowest BCUT2D eigenvalue weighted by Crippen LogP contribution is -2.27. The van der Waals surface area contributed by atoms with Crippen LogP contribution in [-0.2, 0) is 18.4 Å². The van der Waals surface area contributed by atoms with Gasteiger partial charge < -0.3 is 10.6 Å². The molecule has 0 bridgehead atoms. The van der Waals surface area contributed by atoms with Crippen LogP contribution in [0, 0.1) is 13.8 Å². The van der Waals surface area contributed by atoms with Gasteiger partial charge in [0.1, 0.15) is 11.7 Å². The SMILES string of the molecule is CCn1ncc(NC(=O)[C@H](C)n2ncc(Cl)c2C)c1C(=O)Nc1cnn(C)c1C. The molecular weight excluding hydrogens is 396 g/mol. The number of halogens is 1. The highest BCUT2D eigenvalue weighted by atomic mass is 35.5. The van der Waals surface area contributed by atoms with Gasteiger partial charge in [-0.25, -0.2) is 0 Å². The molecule has 0 aliphatic rings. The van der Waals surface area contributed by atoms with E-state index >= 15 is 0 Å². The molecule has 0 spiro atoms. The number of nitrogens with zero attached hydrogens (tertiary/aromatic N) is 6. The van der Waals surface area contributed by atoms with Gasteiger partial charge in [-0.15, -0.1) is 0 Å². The number of anilines is 2. The molecule has 0 unspecified atom stereocenters. The van der Waals surface area contributed by atoms with Gasteiger partial charge in [0.25, 0.3) is 5.91 Å². The third-order valence-electron chi connectivity index (χ3n) is 4.83. The van der Waals surface area contributed by atoms with E-state index in [4.69, 9.17) is 11.6 Å². The van der Waals surface area contributed by atoms with Crippen LogP contribution in [0.5, 0.6) is 0 Å². The van der Waals surface area contributed by atoms with Gasteiger partial charge in [-0.05, 0) is 27.7 Å². The van der Waals surface area contributed by atoms with E-state index in [0.717, 1.165) is 5.69 Å². The van der Waals surface area contributed by atoms with Crippen LogP contribution in [0.1, 0.15) is 41.8 Å². The predicted molar refractivity (Wildman–Crippen MR) is 109 cm³/mol. The first-order valence-corrected chi connectivity index (χ1v) is 9.48. The van der Waals surface area contributed by atoms with Crippen molar-refractivity contribution in [3.05, 3.63) is 40.7 Å². The van der Waals surface area contributed by atoms with Crippen molar-refractivity contribution in [1.82, 2.24) is 29.3 Å². The van der Waals surface area contributed by atoms with Crippen molar-refractivity contribution in [3.8, 4) is 0 Å². The summed E-state index contributed by atoms with van der Waals surface area (Å²) in [5, 5.41) is 18.6. The summed E-state index contributed by atoms with van der Waals surface area (Å²) in [6.45, 7) is 7.66. The van der Waals surface area contributed by atoms with E-state index in [0.29, 0.717) is 28.6 Å². The van der Waals surface area contributed by atoms with Crippen LogP contribution < -0.4 is 10.6 Å².